The number of nitrogens with zero attached hydrogens (tertiary/aromatic N) is 1. The van der Waals surface area contributed by atoms with E-state index < -0.39 is 0 Å². The minimum absolute atomic E-state index is 0.0736. The van der Waals surface area contributed by atoms with Crippen molar-refractivity contribution in [3.05, 3.63) is 0 Å². The van der Waals surface area contributed by atoms with Crippen LogP contribution < -0.4 is 0 Å². The van der Waals surface area contributed by atoms with E-state index in [9.17, 15) is 0 Å². The van der Waals surface area contributed by atoms with Crippen LogP contribution in [0.1, 0.15) is 53.4 Å². The fraction of sp³-hybridized carbons (Fsp3) is 1.00. The summed E-state index contributed by atoms with van der Waals surface area (Å²) >= 11 is 0. The molecule has 19 heavy (non-hydrogen) atoms. The third-order valence-electron chi connectivity index (χ3n) is 4.39. The summed E-state index contributed by atoms with van der Waals surface area (Å²) in [5, 5.41) is 0. The van der Waals surface area contributed by atoms with E-state index in [-0.39, 0.29) is 18.1 Å². The van der Waals surface area contributed by atoms with Crippen LogP contribution >= 0.6 is 0 Å². The molecule has 0 spiro atoms. The predicted octanol–water partition coefficient (Wildman–Crippen LogP) is 1.91. The van der Waals surface area contributed by atoms with Gasteiger partial charge in [0.25, 0.3) is 0 Å². The molecule has 0 aliphatic rings. The highest BCUT2D eigenvalue weighted by Gasteiger charge is 2.26. The average Bonchev–Trinajstić information content (AvgIpc) is 2.47. The first-order chi connectivity index (χ1) is 9.00. The zero-order valence-corrected chi connectivity index (χ0v) is 15.9. The topological polar surface area (TPSA) is 30.9 Å². The van der Waals surface area contributed by atoms with E-state index in [4.69, 9.17) is 13.9 Å². The smallest absolute Gasteiger partial charge is 0.146 e. The molecule has 0 N–H and O–H groups in total. The highest BCUT2D eigenvalue weighted by atomic mass is 28.2. The lowest BCUT2D eigenvalue weighted by molar-refractivity contribution is -0.118. The van der Waals surface area contributed by atoms with Gasteiger partial charge in [-0.2, -0.15) is 0 Å². The Morgan fingerprint density at radius 3 is 1.84 bits per heavy atom. The Hall–Kier alpha value is 0.0569. The van der Waals surface area contributed by atoms with Gasteiger partial charge < -0.3 is 13.9 Å². The van der Waals surface area contributed by atoms with Gasteiger partial charge in [-0.15, -0.1) is 0 Å². The van der Waals surface area contributed by atoms with E-state index >= 15 is 0 Å². The number of rotatable bonds is 11. The zero-order valence-electron chi connectivity index (χ0n) is 13.9. The molecule has 0 fully saturated rings. The van der Waals surface area contributed by atoms with Gasteiger partial charge in [-0.1, -0.05) is 13.8 Å². The van der Waals surface area contributed by atoms with Crippen molar-refractivity contribution in [2.45, 2.75) is 71.4 Å². The molecule has 0 bridgehead atoms. The maximum absolute atomic E-state index is 5.85. The number of hydrogen-bond donors (Lipinski definition) is 0. The lowest BCUT2D eigenvalue weighted by Gasteiger charge is -2.35. The van der Waals surface area contributed by atoms with Crippen LogP contribution in [0.15, 0.2) is 0 Å². The van der Waals surface area contributed by atoms with Crippen LogP contribution in [-0.2, 0) is 13.9 Å². The molecule has 116 valence electrons. The van der Waals surface area contributed by atoms with E-state index in [0.29, 0.717) is 0 Å². The Morgan fingerprint density at radius 2 is 1.53 bits per heavy atom. The van der Waals surface area contributed by atoms with Gasteiger partial charge in [0.15, 0.2) is 0 Å². The Morgan fingerprint density at radius 1 is 1.05 bits per heavy atom. The van der Waals surface area contributed by atoms with Crippen molar-refractivity contribution in [2.24, 2.45) is 0 Å². The van der Waals surface area contributed by atoms with E-state index in [2.05, 4.69) is 32.6 Å². The summed E-state index contributed by atoms with van der Waals surface area (Å²) in [4.78, 5) is 2.24. The first-order valence-corrected chi connectivity index (χ1v) is 8.18. The van der Waals surface area contributed by atoms with Crippen LogP contribution in [0.25, 0.3) is 0 Å². The van der Waals surface area contributed by atoms with Crippen molar-refractivity contribution in [1.29, 1.82) is 0 Å². The van der Waals surface area contributed by atoms with Crippen LogP contribution in [-0.4, -0.2) is 54.2 Å². The van der Waals surface area contributed by atoms with Crippen molar-refractivity contribution in [3.8, 4) is 0 Å². The van der Waals surface area contributed by atoms with Crippen LogP contribution in [0, 0.1) is 0 Å². The second-order valence-corrected chi connectivity index (χ2v) is 5.51. The summed E-state index contributed by atoms with van der Waals surface area (Å²) in [6.07, 6.45) is 4.53. The summed E-state index contributed by atoms with van der Waals surface area (Å²) in [6, 6.07) is 0. The summed E-state index contributed by atoms with van der Waals surface area (Å²) < 4.78 is 16.7. The largest absolute Gasteiger partial charge is 0.422 e. The molecule has 0 radical (unpaired) electrons. The van der Waals surface area contributed by atoms with Gasteiger partial charge in [0, 0.05) is 20.8 Å². The van der Waals surface area contributed by atoms with Gasteiger partial charge in [0.05, 0.1) is 5.60 Å². The van der Waals surface area contributed by atoms with Gasteiger partial charge >= 0.3 is 0 Å². The molecular weight excluding hydrogens is 258 g/mol. The van der Waals surface area contributed by atoms with Crippen LogP contribution in [0.4, 0.5) is 0 Å². The summed E-state index contributed by atoms with van der Waals surface area (Å²) in [6.45, 7) is 9.53. The average molecular weight is 292 g/mol. The normalized spacial score (nSPS) is 15.9. The standard InChI is InChI=1S/C14H33NO3Si/c1-7-14(8-2,18-19)10-9-11-15(12(3)16-5)13(4)17-6/h12-13H,7-11H2,1-6,19H3. The third-order valence-corrected chi connectivity index (χ3v) is 5.25. The molecule has 0 aromatic heterocycles. The molecule has 5 heteroatoms. The minimum Gasteiger partial charge on any atom is -0.422 e. The molecule has 0 heterocycles. The van der Waals surface area contributed by atoms with Crippen LogP contribution in [0.3, 0.4) is 0 Å². The second kappa shape index (κ2) is 9.88. The van der Waals surface area contributed by atoms with Gasteiger partial charge in [-0.25, -0.2) is 0 Å². The fourth-order valence-electron chi connectivity index (χ4n) is 2.51. The lowest BCUT2D eigenvalue weighted by Crippen LogP contribution is -2.43. The molecule has 0 saturated carbocycles. The molecule has 2 unspecified atom stereocenters. The summed E-state index contributed by atoms with van der Waals surface area (Å²) in [7, 11) is 4.29. The summed E-state index contributed by atoms with van der Waals surface area (Å²) in [5.74, 6) is 0. The third kappa shape index (κ3) is 5.91. The predicted molar refractivity (Wildman–Crippen MR) is 83.2 cm³/mol. The summed E-state index contributed by atoms with van der Waals surface area (Å²) in [5.41, 5.74) is 0.0878. The molecule has 0 rings (SSSR count). The highest BCUT2D eigenvalue weighted by molar-refractivity contribution is 5.98. The van der Waals surface area contributed by atoms with Gasteiger partial charge in [-0.05, 0) is 39.5 Å². The van der Waals surface area contributed by atoms with Crippen molar-refractivity contribution in [3.63, 3.8) is 0 Å². The van der Waals surface area contributed by atoms with E-state index in [1.807, 2.05) is 0 Å². The lowest BCUT2D eigenvalue weighted by atomic mass is 9.92. The quantitative estimate of drug-likeness (QED) is 0.430. The van der Waals surface area contributed by atoms with Crippen LogP contribution in [0.2, 0.25) is 0 Å². The maximum Gasteiger partial charge on any atom is 0.146 e. The Kier molecular flexibility index (Phi) is 9.91. The van der Waals surface area contributed by atoms with E-state index in [1.165, 1.54) is 0 Å². The minimum atomic E-state index is 0.0736. The van der Waals surface area contributed by atoms with Gasteiger partial charge in [0.2, 0.25) is 0 Å². The number of hydrogen-bond acceptors (Lipinski definition) is 4. The Bertz CT molecular complexity index is 206. The van der Waals surface area contributed by atoms with Crippen molar-refractivity contribution in [2.75, 3.05) is 20.8 Å². The second-order valence-electron chi connectivity index (χ2n) is 5.11. The van der Waals surface area contributed by atoms with Crippen molar-refractivity contribution >= 4 is 10.5 Å². The Labute approximate surface area is 122 Å². The maximum atomic E-state index is 5.85. The molecule has 0 aromatic carbocycles. The van der Waals surface area contributed by atoms with Crippen LogP contribution in [0.5, 0.6) is 0 Å². The van der Waals surface area contributed by atoms with Gasteiger partial charge in [-0.3, -0.25) is 4.90 Å². The molecule has 4 nitrogen and oxygen atoms in total. The van der Waals surface area contributed by atoms with Crippen molar-refractivity contribution in [1.82, 2.24) is 4.90 Å². The molecule has 2 atom stereocenters. The molecule has 0 aliphatic heterocycles. The monoisotopic (exact) mass is 291 g/mol. The first kappa shape index (κ1) is 19.1. The van der Waals surface area contributed by atoms with Crippen molar-refractivity contribution < 1.29 is 13.9 Å². The number of ether oxygens (including phenoxy) is 2. The fourth-order valence-corrected chi connectivity index (χ4v) is 3.29. The zero-order chi connectivity index (χ0) is 14.9. The molecule has 0 amide bonds. The molecule has 0 aliphatic carbocycles. The highest BCUT2D eigenvalue weighted by Crippen LogP contribution is 2.25. The van der Waals surface area contributed by atoms with E-state index in [0.717, 1.165) is 42.7 Å². The molecule has 0 saturated heterocycles. The number of methoxy groups -OCH3 is 2. The SMILES string of the molecule is CCC(CC)(CCCN(C(C)OC)C(C)OC)O[SiH3]. The Balaban J connectivity index is 4.39. The first-order valence-electron chi connectivity index (χ1n) is 7.36. The molecule has 0 aromatic rings. The van der Waals surface area contributed by atoms with Gasteiger partial charge in [0.1, 0.15) is 22.9 Å². The van der Waals surface area contributed by atoms with E-state index in [1.54, 1.807) is 14.2 Å². The molecular formula is C14H33NO3Si.